The zero-order chi connectivity index (χ0) is 18.8. The molecule has 1 aliphatic rings. The van der Waals surface area contributed by atoms with Crippen LogP contribution in [0.1, 0.15) is 35.1 Å². The molecule has 25 heavy (non-hydrogen) atoms. The third-order valence-corrected chi connectivity index (χ3v) is 6.66. The lowest BCUT2D eigenvalue weighted by Crippen LogP contribution is -2.41. The maximum atomic E-state index is 12.5. The second-order valence-electron chi connectivity index (χ2n) is 5.99. The highest BCUT2D eigenvalue weighted by atomic mass is 32.2. The van der Waals surface area contributed by atoms with E-state index in [0.29, 0.717) is 34.8 Å². The molecular weight excluding hydrogens is 366 g/mol. The van der Waals surface area contributed by atoms with Crippen LogP contribution in [0.5, 0.6) is 0 Å². The summed E-state index contributed by atoms with van der Waals surface area (Å²) in [5, 5.41) is 0. The fourth-order valence-corrected chi connectivity index (χ4v) is 4.57. The van der Waals surface area contributed by atoms with E-state index in [1.807, 2.05) is 0 Å². The van der Waals surface area contributed by atoms with Gasteiger partial charge in [-0.25, -0.2) is 17.5 Å². The molecule has 1 fully saturated rings. The fourth-order valence-electron chi connectivity index (χ4n) is 2.64. The van der Waals surface area contributed by atoms with E-state index in [9.17, 15) is 18.0 Å². The van der Waals surface area contributed by atoms with Crippen molar-refractivity contribution >= 4 is 33.2 Å². The zero-order valence-corrected chi connectivity index (χ0v) is 16.4. The molecule has 0 saturated carbocycles. The Hall–Kier alpha value is -1.52. The first-order chi connectivity index (χ1) is 11.6. The van der Waals surface area contributed by atoms with Crippen molar-refractivity contribution in [3.05, 3.63) is 15.4 Å². The van der Waals surface area contributed by atoms with Crippen LogP contribution < -0.4 is 4.80 Å². The molecule has 1 amide bonds. The quantitative estimate of drug-likeness (QED) is 0.705. The molecule has 1 saturated heterocycles. The predicted molar refractivity (Wildman–Crippen MR) is 93.7 cm³/mol. The minimum atomic E-state index is -3.32. The first kappa shape index (κ1) is 19.8. The molecule has 8 nitrogen and oxygen atoms in total. The number of nitrogens with zero attached hydrogens (tertiary/aromatic N) is 3. The number of hydrogen-bond donors (Lipinski definition) is 0. The Bertz CT molecular complexity index is 838. The number of thiazole rings is 1. The van der Waals surface area contributed by atoms with Gasteiger partial charge in [0.15, 0.2) is 4.80 Å². The molecule has 0 unspecified atom stereocenters. The molecule has 1 atom stereocenters. The summed E-state index contributed by atoms with van der Waals surface area (Å²) in [7, 11) is -1.59. The van der Waals surface area contributed by atoms with E-state index in [0.717, 1.165) is 17.6 Å². The van der Waals surface area contributed by atoms with Crippen LogP contribution in [0, 0.1) is 12.8 Å². The van der Waals surface area contributed by atoms with Gasteiger partial charge < -0.3 is 9.30 Å². The average Bonchev–Trinajstić information content (AvgIpc) is 2.83. The molecule has 0 radical (unpaired) electrons. The summed E-state index contributed by atoms with van der Waals surface area (Å²) in [5.41, 5.74) is 0.677. The van der Waals surface area contributed by atoms with Gasteiger partial charge in [0.2, 0.25) is 10.0 Å². The Morgan fingerprint density at radius 1 is 1.40 bits per heavy atom. The highest BCUT2D eigenvalue weighted by Gasteiger charge is 2.30. The second kappa shape index (κ2) is 7.79. The molecule has 0 aromatic carbocycles. The molecule has 140 valence electrons. The largest absolute Gasteiger partial charge is 0.462 e. The van der Waals surface area contributed by atoms with Gasteiger partial charge in [-0.05, 0) is 26.7 Å². The molecule has 0 spiro atoms. The minimum Gasteiger partial charge on any atom is -0.462 e. The number of hydrogen-bond acceptors (Lipinski definition) is 6. The van der Waals surface area contributed by atoms with Crippen LogP contribution in [0.25, 0.3) is 0 Å². The molecular formula is C15H23N3O5S2. The van der Waals surface area contributed by atoms with Gasteiger partial charge in [0.25, 0.3) is 5.91 Å². The molecule has 0 aliphatic carbocycles. The number of aromatic nitrogens is 1. The minimum absolute atomic E-state index is 0.153. The van der Waals surface area contributed by atoms with E-state index in [1.54, 1.807) is 25.5 Å². The van der Waals surface area contributed by atoms with Crippen molar-refractivity contribution < 1.29 is 22.7 Å². The molecule has 0 N–H and O–H groups in total. The molecule has 2 rings (SSSR count). The van der Waals surface area contributed by atoms with Gasteiger partial charge in [-0.3, -0.25) is 4.79 Å². The van der Waals surface area contributed by atoms with Crippen LogP contribution in [0.4, 0.5) is 0 Å². The Morgan fingerprint density at radius 2 is 2.08 bits per heavy atom. The van der Waals surface area contributed by atoms with Crippen LogP contribution in [-0.2, 0) is 26.6 Å². The highest BCUT2D eigenvalue weighted by Crippen LogP contribution is 2.20. The second-order valence-corrected chi connectivity index (χ2v) is 8.95. The zero-order valence-electron chi connectivity index (χ0n) is 14.8. The van der Waals surface area contributed by atoms with E-state index in [1.165, 1.54) is 4.31 Å². The SMILES string of the molecule is CCOC(=O)c1sc(=NC(=O)[C@H]2CCCN(S(C)(=O)=O)C2)n(C)c1C. The van der Waals surface area contributed by atoms with Gasteiger partial charge in [-0.2, -0.15) is 4.99 Å². The summed E-state index contributed by atoms with van der Waals surface area (Å²) in [6.45, 7) is 4.35. The normalized spacial score (nSPS) is 19.8. The maximum absolute atomic E-state index is 12.5. The van der Waals surface area contributed by atoms with Gasteiger partial charge in [0, 0.05) is 25.8 Å². The molecule has 2 heterocycles. The number of rotatable bonds is 4. The van der Waals surface area contributed by atoms with Crippen LogP contribution in [0.3, 0.4) is 0 Å². The van der Waals surface area contributed by atoms with E-state index in [4.69, 9.17) is 4.74 Å². The van der Waals surface area contributed by atoms with Crippen LogP contribution in [-0.4, -0.2) is 55.1 Å². The molecule has 1 aromatic rings. The van der Waals surface area contributed by atoms with Crippen molar-refractivity contribution in [2.75, 3.05) is 26.0 Å². The van der Waals surface area contributed by atoms with Crippen LogP contribution in [0.15, 0.2) is 4.99 Å². The fraction of sp³-hybridized carbons (Fsp3) is 0.667. The monoisotopic (exact) mass is 389 g/mol. The van der Waals surface area contributed by atoms with Gasteiger partial charge in [-0.1, -0.05) is 11.3 Å². The number of amides is 1. The summed E-state index contributed by atoms with van der Waals surface area (Å²) in [6, 6.07) is 0. The molecule has 1 aliphatic heterocycles. The average molecular weight is 389 g/mol. The van der Waals surface area contributed by atoms with Crippen molar-refractivity contribution in [2.45, 2.75) is 26.7 Å². The molecule has 10 heteroatoms. The lowest BCUT2D eigenvalue weighted by molar-refractivity contribution is -0.122. The summed E-state index contributed by atoms with van der Waals surface area (Å²) in [5.74, 6) is -1.26. The van der Waals surface area contributed by atoms with Crippen molar-refractivity contribution in [2.24, 2.45) is 18.0 Å². The Labute approximate surface area is 151 Å². The topological polar surface area (TPSA) is 98.0 Å². The number of sulfonamides is 1. The Kier molecular flexibility index (Phi) is 6.17. The molecule has 0 bridgehead atoms. The number of esters is 1. The lowest BCUT2D eigenvalue weighted by Gasteiger charge is -2.28. The summed E-state index contributed by atoms with van der Waals surface area (Å²) in [4.78, 5) is 29.4. The number of ether oxygens (including phenoxy) is 1. The van der Waals surface area contributed by atoms with E-state index < -0.39 is 21.9 Å². The number of carbonyl (C=O) groups excluding carboxylic acids is 2. The Balaban J connectivity index is 2.26. The maximum Gasteiger partial charge on any atom is 0.350 e. The van der Waals surface area contributed by atoms with Gasteiger partial charge in [-0.15, -0.1) is 0 Å². The van der Waals surface area contributed by atoms with E-state index in [2.05, 4.69) is 4.99 Å². The van der Waals surface area contributed by atoms with Crippen molar-refractivity contribution in [3.8, 4) is 0 Å². The first-order valence-electron chi connectivity index (χ1n) is 8.02. The van der Waals surface area contributed by atoms with Gasteiger partial charge >= 0.3 is 5.97 Å². The van der Waals surface area contributed by atoms with Crippen molar-refractivity contribution in [1.29, 1.82) is 0 Å². The summed E-state index contributed by atoms with van der Waals surface area (Å²) < 4.78 is 31.4. The third kappa shape index (κ3) is 4.56. The van der Waals surface area contributed by atoms with Gasteiger partial charge in [0.05, 0.1) is 18.8 Å². The van der Waals surface area contributed by atoms with Crippen LogP contribution in [0.2, 0.25) is 0 Å². The number of carbonyl (C=O) groups is 2. The van der Waals surface area contributed by atoms with Crippen LogP contribution >= 0.6 is 11.3 Å². The Morgan fingerprint density at radius 3 is 2.68 bits per heavy atom. The van der Waals surface area contributed by atoms with Crippen molar-refractivity contribution in [1.82, 2.24) is 8.87 Å². The molecule has 1 aromatic heterocycles. The van der Waals surface area contributed by atoms with E-state index >= 15 is 0 Å². The first-order valence-corrected chi connectivity index (χ1v) is 10.7. The number of piperidine rings is 1. The third-order valence-electron chi connectivity index (χ3n) is 4.18. The summed E-state index contributed by atoms with van der Waals surface area (Å²) in [6.07, 6.45) is 2.38. The highest BCUT2D eigenvalue weighted by molar-refractivity contribution is 7.88. The smallest absolute Gasteiger partial charge is 0.350 e. The standard InChI is InChI=1S/C15H23N3O5S2/c1-5-23-14(20)12-10(2)17(3)15(24-12)16-13(19)11-7-6-8-18(9-11)25(4,21)22/h11H,5-9H2,1-4H3/t11-/m0/s1. The van der Waals surface area contributed by atoms with Crippen molar-refractivity contribution in [3.63, 3.8) is 0 Å². The lowest BCUT2D eigenvalue weighted by atomic mass is 9.99. The van der Waals surface area contributed by atoms with E-state index in [-0.39, 0.29) is 19.1 Å². The summed E-state index contributed by atoms with van der Waals surface area (Å²) >= 11 is 1.10. The van der Waals surface area contributed by atoms with Gasteiger partial charge in [0.1, 0.15) is 4.88 Å². The predicted octanol–water partition coefficient (Wildman–Crippen LogP) is 0.671.